The van der Waals surface area contributed by atoms with Crippen LogP contribution in [0.1, 0.15) is 12.6 Å². The minimum atomic E-state index is -0.770. The van der Waals surface area contributed by atoms with E-state index in [1.165, 1.54) is 18.3 Å². The molecule has 2 aromatic rings. The Morgan fingerprint density at radius 1 is 1.48 bits per heavy atom. The average Bonchev–Trinajstić information content (AvgIpc) is 2.86. The van der Waals surface area contributed by atoms with E-state index in [1.807, 2.05) is 6.07 Å². The van der Waals surface area contributed by atoms with Crippen molar-refractivity contribution in [2.75, 3.05) is 0 Å². The summed E-state index contributed by atoms with van der Waals surface area (Å²) in [5, 5.41) is 12.0. The number of thiazole rings is 1. The van der Waals surface area contributed by atoms with Gasteiger partial charge in [-0.25, -0.2) is 4.98 Å². The SMILES string of the molecule is C[C@@H](C#N)OC(=O)Cc1csc(-c2c(Cl)cccc2Cl)n1. The summed E-state index contributed by atoms with van der Waals surface area (Å²) in [6.07, 6.45) is -0.765. The maximum atomic E-state index is 11.6. The molecule has 1 aromatic heterocycles. The molecule has 0 N–H and O–H groups in total. The predicted octanol–water partition coefficient (Wildman–Crippen LogP) is 4.11. The van der Waals surface area contributed by atoms with Gasteiger partial charge in [-0.05, 0) is 19.1 Å². The zero-order valence-electron chi connectivity index (χ0n) is 11.0. The van der Waals surface area contributed by atoms with Gasteiger partial charge in [-0.15, -0.1) is 11.3 Å². The van der Waals surface area contributed by atoms with Crippen LogP contribution in [0.2, 0.25) is 10.0 Å². The Hall–Kier alpha value is -1.61. The lowest BCUT2D eigenvalue weighted by molar-refractivity contribution is -0.145. The summed E-state index contributed by atoms with van der Waals surface area (Å²) in [4.78, 5) is 15.9. The van der Waals surface area contributed by atoms with Crippen molar-refractivity contribution in [3.8, 4) is 16.6 Å². The molecule has 0 aliphatic rings. The quantitative estimate of drug-likeness (QED) is 0.785. The van der Waals surface area contributed by atoms with E-state index in [0.717, 1.165) is 0 Å². The Morgan fingerprint density at radius 3 is 2.76 bits per heavy atom. The van der Waals surface area contributed by atoms with Crippen LogP contribution in [0.4, 0.5) is 0 Å². The first kappa shape index (κ1) is 15.8. The van der Waals surface area contributed by atoms with Crippen LogP contribution >= 0.6 is 34.5 Å². The largest absolute Gasteiger partial charge is 0.447 e. The highest BCUT2D eigenvalue weighted by atomic mass is 35.5. The van der Waals surface area contributed by atoms with Crippen molar-refractivity contribution in [2.45, 2.75) is 19.4 Å². The van der Waals surface area contributed by atoms with Crippen LogP contribution in [0.15, 0.2) is 23.6 Å². The van der Waals surface area contributed by atoms with E-state index in [0.29, 0.717) is 26.3 Å². The van der Waals surface area contributed by atoms with Crippen LogP contribution in [0.5, 0.6) is 0 Å². The molecule has 21 heavy (non-hydrogen) atoms. The Kier molecular flexibility index (Phi) is 5.18. The van der Waals surface area contributed by atoms with Crippen LogP contribution < -0.4 is 0 Å². The van der Waals surface area contributed by atoms with E-state index in [4.69, 9.17) is 33.2 Å². The van der Waals surface area contributed by atoms with E-state index in [-0.39, 0.29) is 6.42 Å². The third-order valence-corrected chi connectivity index (χ3v) is 4.08. The Balaban J connectivity index is 2.16. The van der Waals surface area contributed by atoms with Gasteiger partial charge in [0.1, 0.15) is 11.1 Å². The number of aromatic nitrogens is 1. The number of halogens is 2. The minimum Gasteiger partial charge on any atom is -0.447 e. The third kappa shape index (κ3) is 3.94. The lowest BCUT2D eigenvalue weighted by Crippen LogP contribution is -2.15. The molecule has 108 valence electrons. The van der Waals surface area contributed by atoms with E-state index >= 15 is 0 Å². The highest BCUT2D eigenvalue weighted by molar-refractivity contribution is 7.13. The Bertz CT molecular complexity index is 689. The first-order chi connectivity index (χ1) is 10.0. The fourth-order valence-electron chi connectivity index (χ4n) is 1.62. The van der Waals surface area contributed by atoms with Gasteiger partial charge in [0, 0.05) is 10.9 Å². The number of benzene rings is 1. The molecule has 0 fully saturated rings. The summed E-state index contributed by atoms with van der Waals surface area (Å²) in [6.45, 7) is 1.51. The molecule has 7 heteroatoms. The molecule has 4 nitrogen and oxygen atoms in total. The number of rotatable bonds is 4. The maximum Gasteiger partial charge on any atom is 0.313 e. The van der Waals surface area contributed by atoms with Gasteiger partial charge < -0.3 is 4.74 Å². The second kappa shape index (κ2) is 6.90. The van der Waals surface area contributed by atoms with Crippen molar-refractivity contribution in [1.82, 2.24) is 4.98 Å². The zero-order chi connectivity index (χ0) is 15.4. The first-order valence-corrected chi connectivity index (χ1v) is 7.62. The van der Waals surface area contributed by atoms with Gasteiger partial charge in [0.2, 0.25) is 0 Å². The van der Waals surface area contributed by atoms with E-state index in [9.17, 15) is 4.79 Å². The van der Waals surface area contributed by atoms with Crippen LogP contribution in [-0.2, 0) is 16.0 Å². The number of esters is 1. The molecule has 0 aliphatic carbocycles. The molecule has 0 aliphatic heterocycles. The standard InChI is InChI=1S/C14H10Cl2N2O2S/c1-8(6-17)20-12(19)5-9-7-21-14(18-9)13-10(15)3-2-4-11(13)16/h2-4,7-8H,5H2,1H3/t8-/m0/s1. The first-order valence-electron chi connectivity index (χ1n) is 5.99. The summed E-state index contributed by atoms with van der Waals surface area (Å²) in [5.41, 5.74) is 1.21. The van der Waals surface area contributed by atoms with E-state index in [1.54, 1.807) is 23.6 Å². The normalized spacial score (nSPS) is 11.7. The number of hydrogen-bond donors (Lipinski definition) is 0. The van der Waals surface area contributed by atoms with Gasteiger partial charge in [-0.3, -0.25) is 4.79 Å². The van der Waals surface area contributed by atoms with Crippen LogP contribution in [-0.4, -0.2) is 17.1 Å². The van der Waals surface area contributed by atoms with E-state index in [2.05, 4.69) is 4.98 Å². The number of hydrogen-bond acceptors (Lipinski definition) is 5. The monoisotopic (exact) mass is 340 g/mol. The van der Waals surface area contributed by atoms with Gasteiger partial charge in [-0.2, -0.15) is 5.26 Å². The number of ether oxygens (including phenoxy) is 1. The van der Waals surface area contributed by atoms with Gasteiger partial charge >= 0.3 is 5.97 Å². The fraction of sp³-hybridized carbons (Fsp3) is 0.214. The summed E-state index contributed by atoms with van der Waals surface area (Å²) in [7, 11) is 0. The predicted molar refractivity (Wildman–Crippen MR) is 82.4 cm³/mol. The molecule has 1 aromatic carbocycles. The second-order valence-electron chi connectivity index (χ2n) is 4.18. The molecule has 0 radical (unpaired) electrons. The smallest absolute Gasteiger partial charge is 0.313 e. The molecule has 2 rings (SSSR count). The van der Waals surface area contributed by atoms with Crippen LogP contribution in [0, 0.1) is 11.3 Å². The summed E-state index contributed by atoms with van der Waals surface area (Å²) >= 11 is 13.6. The second-order valence-corrected chi connectivity index (χ2v) is 5.85. The highest BCUT2D eigenvalue weighted by Gasteiger charge is 2.15. The zero-order valence-corrected chi connectivity index (χ0v) is 13.3. The van der Waals surface area contributed by atoms with Crippen molar-refractivity contribution >= 4 is 40.5 Å². The number of nitrogens with zero attached hydrogens (tertiary/aromatic N) is 2. The Morgan fingerprint density at radius 2 is 2.14 bits per heavy atom. The molecule has 1 heterocycles. The van der Waals surface area contributed by atoms with Gasteiger partial charge in [0.15, 0.2) is 6.10 Å². The van der Waals surface area contributed by atoms with Crippen molar-refractivity contribution in [2.24, 2.45) is 0 Å². The highest BCUT2D eigenvalue weighted by Crippen LogP contribution is 2.36. The minimum absolute atomic E-state index is 0.00456. The third-order valence-electron chi connectivity index (χ3n) is 2.54. The van der Waals surface area contributed by atoms with Crippen LogP contribution in [0.3, 0.4) is 0 Å². The summed E-state index contributed by atoms with van der Waals surface area (Å²) < 4.78 is 4.88. The van der Waals surface area contributed by atoms with Crippen molar-refractivity contribution in [3.63, 3.8) is 0 Å². The van der Waals surface area contributed by atoms with Crippen molar-refractivity contribution in [1.29, 1.82) is 5.26 Å². The molecule has 0 amide bonds. The van der Waals surface area contributed by atoms with Gasteiger partial charge in [-0.1, -0.05) is 29.3 Å². The maximum absolute atomic E-state index is 11.6. The molecule has 0 unspecified atom stereocenters. The number of carbonyl (C=O) groups is 1. The molecule has 0 saturated heterocycles. The lowest BCUT2D eigenvalue weighted by Gasteiger charge is -2.04. The topological polar surface area (TPSA) is 63.0 Å². The number of carbonyl (C=O) groups excluding carboxylic acids is 1. The fourth-order valence-corrected chi connectivity index (χ4v) is 3.20. The summed E-state index contributed by atoms with van der Waals surface area (Å²) in [6, 6.07) is 7.04. The van der Waals surface area contributed by atoms with Gasteiger partial charge in [0.05, 0.1) is 22.2 Å². The van der Waals surface area contributed by atoms with Crippen LogP contribution in [0.25, 0.3) is 10.6 Å². The molecular weight excluding hydrogens is 331 g/mol. The van der Waals surface area contributed by atoms with Gasteiger partial charge in [0.25, 0.3) is 0 Å². The summed E-state index contributed by atoms with van der Waals surface area (Å²) in [5.74, 6) is -0.494. The lowest BCUT2D eigenvalue weighted by atomic mass is 10.2. The molecule has 0 spiro atoms. The Labute approximate surface area is 135 Å². The molecular formula is C14H10Cl2N2O2S. The number of nitriles is 1. The molecule has 1 atom stereocenters. The molecule has 0 bridgehead atoms. The average molecular weight is 341 g/mol. The van der Waals surface area contributed by atoms with E-state index < -0.39 is 12.1 Å². The van der Waals surface area contributed by atoms with Crippen molar-refractivity contribution in [3.05, 3.63) is 39.3 Å². The molecule has 0 saturated carbocycles. The van der Waals surface area contributed by atoms with Crippen molar-refractivity contribution < 1.29 is 9.53 Å².